The number of oxime groups is 1. The molecule has 1 unspecified atom stereocenters. The molecule has 1 aromatic rings. The number of nitrogens with zero attached hydrogens (tertiary/aromatic N) is 1. The van der Waals surface area contributed by atoms with Crippen LogP contribution in [0.4, 0.5) is 0 Å². The molecule has 0 heterocycles. The van der Waals surface area contributed by atoms with Crippen LogP contribution in [0.3, 0.4) is 0 Å². The van der Waals surface area contributed by atoms with Gasteiger partial charge in [-0.2, -0.15) is 0 Å². The summed E-state index contributed by atoms with van der Waals surface area (Å²) in [6, 6.07) is 10.0. The largest absolute Gasteiger partial charge is 0.411 e. The van der Waals surface area contributed by atoms with Gasteiger partial charge in [0.25, 0.3) is 0 Å². The van der Waals surface area contributed by atoms with Crippen LogP contribution in [0.5, 0.6) is 0 Å². The molecule has 1 aliphatic carbocycles. The van der Waals surface area contributed by atoms with Crippen LogP contribution < -0.4 is 0 Å². The summed E-state index contributed by atoms with van der Waals surface area (Å²) in [5, 5.41) is 12.0. The molecule has 0 saturated heterocycles. The lowest BCUT2D eigenvalue weighted by atomic mass is 10.2. The van der Waals surface area contributed by atoms with Crippen molar-refractivity contribution in [1.29, 1.82) is 0 Å². The Balaban J connectivity index is 1.88. The highest BCUT2D eigenvalue weighted by molar-refractivity contribution is 5.89. The highest BCUT2D eigenvalue weighted by Gasteiger charge is 2.23. The minimum absolute atomic E-state index is 0.00945. The minimum Gasteiger partial charge on any atom is -0.411 e. The maximum Gasteiger partial charge on any atom is 0.0993 e. The van der Waals surface area contributed by atoms with Gasteiger partial charge in [-0.15, -0.1) is 0 Å². The summed E-state index contributed by atoms with van der Waals surface area (Å²) in [5.41, 5.74) is 1.94. The lowest BCUT2D eigenvalue weighted by molar-refractivity contribution is 0.0831. The van der Waals surface area contributed by atoms with E-state index < -0.39 is 0 Å². The monoisotopic (exact) mass is 205 g/mol. The van der Waals surface area contributed by atoms with Crippen LogP contribution in [0.15, 0.2) is 35.5 Å². The second kappa shape index (κ2) is 4.94. The van der Waals surface area contributed by atoms with E-state index in [4.69, 9.17) is 9.94 Å². The maximum atomic E-state index is 8.74. The molecule has 15 heavy (non-hydrogen) atoms. The van der Waals surface area contributed by atoms with Gasteiger partial charge < -0.3 is 9.94 Å². The van der Waals surface area contributed by atoms with Crippen LogP contribution >= 0.6 is 0 Å². The Labute approximate surface area is 89.4 Å². The summed E-state index contributed by atoms with van der Waals surface area (Å²) in [6.45, 7) is 0.588. The Morgan fingerprint density at radius 1 is 1.33 bits per heavy atom. The molecule has 1 saturated carbocycles. The number of rotatable bonds is 3. The van der Waals surface area contributed by atoms with Crippen LogP contribution in [0.2, 0.25) is 0 Å². The van der Waals surface area contributed by atoms with Crippen molar-refractivity contribution in [3.8, 4) is 0 Å². The van der Waals surface area contributed by atoms with E-state index in [1.54, 1.807) is 0 Å². The summed E-state index contributed by atoms with van der Waals surface area (Å²) in [4.78, 5) is 0. The molecule has 0 aliphatic heterocycles. The van der Waals surface area contributed by atoms with Gasteiger partial charge in [-0.25, -0.2) is 0 Å². The van der Waals surface area contributed by atoms with Crippen molar-refractivity contribution >= 4 is 5.71 Å². The summed E-state index contributed by atoms with van der Waals surface area (Å²) >= 11 is 0. The molecule has 1 fully saturated rings. The first-order chi connectivity index (χ1) is 7.40. The maximum absolute atomic E-state index is 8.74. The lowest BCUT2D eigenvalue weighted by Crippen LogP contribution is -2.17. The first-order valence-electron chi connectivity index (χ1n) is 5.26. The summed E-state index contributed by atoms with van der Waals surface area (Å²) < 4.78 is 5.70. The average Bonchev–Trinajstić information content (AvgIpc) is 2.75. The van der Waals surface area contributed by atoms with Crippen molar-refractivity contribution in [2.45, 2.75) is 32.0 Å². The third kappa shape index (κ3) is 2.57. The van der Waals surface area contributed by atoms with Crippen LogP contribution in [-0.4, -0.2) is 17.0 Å². The molecule has 0 bridgehead atoms. The number of ether oxygens (including phenoxy) is 1. The van der Waals surface area contributed by atoms with E-state index in [1.807, 2.05) is 30.3 Å². The third-order valence-corrected chi connectivity index (χ3v) is 2.69. The summed E-state index contributed by atoms with van der Waals surface area (Å²) in [5.74, 6) is 0. The van der Waals surface area contributed by atoms with E-state index in [0.717, 1.165) is 30.5 Å². The zero-order chi connectivity index (χ0) is 10.5. The van der Waals surface area contributed by atoms with Crippen LogP contribution in [-0.2, 0) is 11.3 Å². The zero-order valence-corrected chi connectivity index (χ0v) is 8.60. The molecule has 1 N–H and O–H groups in total. The number of hydrogen-bond acceptors (Lipinski definition) is 3. The van der Waals surface area contributed by atoms with Crippen LogP contribution in [0.25, 0.3) is 0 Å². The van der Waals surface area contributed by atoms with Crippen LogP contribution in [0, 0.1) is 0 Å². The Kier molecular flexibility index (Phi) is 3.35. The second-order valence-corrected chi connectivity index (χ2v) is 3.77. The predicted octanol–water partition coefficient (Wildman–Crippen LogP) is 2.59. The van der Waals surface area contributed by atoms with Gasteiger partial charge in [-0.05, 0) is 24.8 Å². The SMILES string of the molecule is O/N=C1\CCCC1OCc1ccccc1. The van der Waals surface area contributed by atoms with Gasteiger partial charge in [-0.3, -0.25) is 0 Å². The predicted molar refractivity (Wildman–Crippen MR) is 58.1 cm³/mol. The van der Waals surface area contributed by atoms with Crippen molar-refractivity contribution in [2.75, 3.05) is 0 Å². The van der Waals surface area contributed by atoms with Gasteiger partial charge in [0.1, 0.15) is 0 Å². The van der Waals surface area contributed by atoms with E-state index >= 15 is 0 Å². The molecule has 0 radical (unpaired) electrons. The van der Waals surface area contributed by atoms with E-state index in [0.29, 0.717) is 6.61 Å². The van der Waals surface area contributed by atoms with Gasteiger partial charge >= 0.3 is 0 Å². The first kappa shape index (κ1) is 10.2. The highest BCUT2D eigenvalue weighted by atomic mass is 16.5. The second-order valence-electron chi connectivity index (χ2n) is 3.77. The van der Waals surface area contributed by atoms with Gasteiger partial charge in [0.2, 0.25) is 0 Å². The fraction of sp³-hybridized carbons (Fsp3) is 0.417. The van der Waals surface area contributed by atoms with E-state index in [2.05, 4.69) is 5.16 Å². The fourth-order valence-electron chi connectivity index (χ4n) is 1.86. The number of benzene rings is 1. The molecule has 1 atom stereocenters. The highest BCUT2D eigenvalue weighted by Crippen LogP contribution is 2.20. The van der Waals surface area contributed by atoms with Crippen LogP contribution in [0.1, 0.15) is 24.8 Å². The topological polar surface area (TPSA) is 41.8 Å². The Morgan fingerprint density at radius 3 is 2.87 bits per heavy atom. The minimum atomic E-state index is 0.00945. The molecule has 2 rings (SSSR count). The van der Waals surface area contributed by atoms with E-state index in [1.165, 1.54) is 0 Å². The van der Waals surface area contributed by atoms with Crippen molar-refractivity contribution in [2.24, 2.45) is 5.16 Å². The van der Waals surface area contributed by atoms with Gasteiger partial charge in [0.15, 0.2) is 0 Å². The van der Waals surface area contributed by atoms with Gasteiger partial charge in [-0.1, -0.05) is 35.5 Å². The van der Waals surface area contributed by atoms with Crippen molar-refractivity contribution in [3.63, 3.8) is 0 Å². The standard InChI is InChI=1S/C12H15NO2/c14-13-11-7-4-8-12(11)15-9-10-5-2-1-3-6-10/h1-3,5-6,12,14H,4,7-9H2/b13-11+. The third-order valence-electron chi connectivity index (χ3n) is 2.69. The van der Waals surface area contributed by atoms with Gasteiger partial charge in [0, 0.05) is 0 Å². The molecule has 0 spiro atoms. The smallest absolute Gasteiger partial charge is 0.0993 e. The molecular weight excluding hydrogens is 190 g/mol. The van der Waals surface area contributed by atoms with Gasteiger partial charge in [0.05, 0.1) is 18.4 Å². The van der Waals surface area contributed by atoms with E-state index in [9.17, 15) is 0 Å². The summed E-state index contributed by atoms with van der Waals surface area (Å²) in [6.07, 6.45) is 2.89. The number of hydrogen-bond donors (Lipinski definition) is 1. The Hall–Kier alpha value is -1.35. The first-order valence-corrected chi connectivity index (χ1v) is 5.26. The van der Waals surface area contributed by atoms with Crippen molar-refractivity contribution < 1.29 is 9.94 Å². The lowest BCUT2D eigenvalue weighted by Gasteiger charge is -2.11. The van der Waals surface area contributed by atoms with E-state index in [-0.39, 0.29) is 6.10 Å². The normalized spacial score (nSPS) is 23.5. The molecule has 1 aliphatic rings. The average molecular weight is 205 g/mol. The molecular formula is C12H15NO2. The Bertz CT molecular complexity index is 335. The Morgan fingerprint density at radius 2 is 2.13 bits per heavy atom. The quantitative estimate of drug-likeness (QED) is 0.608. The molecule has 3 nitrogen and oxygen atoms in total. The fourth-order valence-corrected chi connectivity index (χ4v) is 1.86. The summed E-state index contributed by atoms with van der Waals surface area (Å²) in [7, 11) is 0. The van der Waals surface area contributed by atoms with Crippen molar-refractivity contribution in [3.05, 3.63) is 35.9 Å². The molecule has 3 heteroatoms. The zero-order valence-electron chi connectivity index (χ0n) is 8.60. The molecule has 0 aromatic heterocycles. The molecule has 80 valence electrons. The molecule has 1 aromatic carbocycles. The molecule has 0 amide bonds. The van der Waals surface area contributed by atoms with Crippen molar-refractivity contribution in [1.82, 2.24) is 0 Å².